The van der Waals surface area contributed by atoms with Crippen molar-refractivity contribution in [2.75, 3.05) is 5.32 Å². The fourth-order valence-electron chi connectivity index (χ4n) is 3.43. The van der Waals surface area contributed by atoms with Crippen molar-refractivity contribution in [3.05, 3.63) is 65.7 Å². The van der Waals surface area contributed by atoms with Gasteiger partial charge in [-0.25, -0.2) is 0 Å². The zero-order valence-corrected chi connectivity index (χ0v) is 12.9. The fraction of sp³-hybridized carbons (Fsp3) is 0.263. The average Bonchev–Trinajstić information content (AvgIpc) is 3.07. The van der Waals surface area contributed by atoms with E-state index in [9.17, 15) is 9.59 Å². The van der Waals surface area contributed by atoms with E-state index in [0.717, 1.165) is 31.2 Å². The van der Waals surface area contributed by atoms with Crippen LogP contribution in [0, 0.1) is 0 Å². The molecule has 1 aliphatic rings. The second kappa shape index (κ2) is 6.24. The van der Waals surface area contributed by atoms with Crippen molar-refractivity contribution in [3.63, 3.8) is 0 Å². The normalized spacial score (nSPS) is 16.0. The molecule has 0 radical (unpaired) electrons. The van der Waals surface area contributed by atoms with Crippen LogP contribution in [-0.4, -0.2) is 11.8 Å². The van der Waals surface area contributed by atoms with E-state index >= 15 is 0 Å². The Labute approximate surface area is 135 Å². The SMILES string of the molecule is NC(=O)c1ccccc1NC(=O)C1(c2ccccc2)CCCC1. The summed E-state index contributed by atoms with van der Waals surface area (Å²) < 4.78 is 0. The Morgan fingerprint density at radius 2 is 1.52 bits per heavy atom. The average molecular weight is 308 g/mol. The summed E-state index contributed by atoms with van der Waals surface area (Å²) in [4.78, 5) is 24.6. The molecule has 1 saturated carbocycles. The summed E-state index contributed by atoms with van der Waals surface area (Å²) in [6.45, 7) is 0. The molecule has 0 spiro atoms. The van der Waals surface area contributed by atoms with Gasteiger partial charge in [-0.2, -0.15) is 0 Å². The number of amides is 2. The Morgan fingerprint density at radius 3 is 2.17 bits per heavy atom. The zero-order chi connectivity index (χ0) is 16.3. The number of primary amides is 1. The molecule has 23 heavy (non-hydrogen) atoms. The van der Waals surface area contributed by atoms with Gasteiger partial charge in [-0.3, -0.25) is 9.59 Å². The van der Waals surface area contributed by atoms with Gasteiger partial charge in [-0.1, -0.05) is 55.3 Å². The van der Waals surface area contributed by atoms with Crippen molar-refractivity contribution in [1.29, 1.82) is 0 Å². The summed E-state index contributed by atoms with van der Waals surface area (Å²) in [5, 5.41) is 2.93. The molecule has 4 nitrogen and oxygen atoms in total. The van der Waals surface area contributed by atoms with Crippen LogP contribution in [0.2, 0.25) is 0 Å². The van der Waals surface area contributed by atoms with Crippen molar-refractivity contribution >= 4 is 17.5 Å². The number of anilines is 1. The zero-order valence-electron chi connectivity index (χ0n) is 12.9. The predicted octanol–water partition coefficient (Wildman–Crippen LogP) is 3.24. The minimum atomic E-state index is -0.541. The lowest BCUT2D eigenvalue weighted by molar-refractivity contribution is -0.121. The molecule has 118 valence electrons. The molecule has 2 amide bonds. The Balaban J connectivity index is 1.94. The van der Waals surface area contributed by atoms with E-state index < -0.39 is 11.3 Å². The molecule has 0 aromatic heterocycles. The minimum Gasteiger partial charge on any atom is -0.366 e. The largest absolute Gasteiger partial charge is 0.366 e. The molecule has 0 saturated heterocycles. The molecule has 1 fully saturated rings. The highest BCUT2D eigenvalue weighted by molar-refractivity contribution is 6.05. The van der Waals surface area contributed by atoms with Crippen molar-refractivity contribution in [2.45, 2.75) is 31.1 Å². The number of hydrogen-bond donors (Lipinski definition) is 2. The molecule has 0 atom stereocenters. The van der Waals surface area contributed by atoms with Crippen LogP contribution in [0.4, 0.5) is 5.69 Å². The molecule has 1 aliphatic carbocycles. The summed E-state index contributed by atoms with van der Waals surface area (Å²) >= 11 is 0. The number of rotatable bonds is 4. The molecular weight excluding hydrogens is 288 g/mol. The third-order valence-corrected chi connectivity index (χ3v) is 4.66. The van der Waals surface area contributed by atoms with Gasteiger partial charge in [0.05, 0.1) is 16.7 Å². The number of hydrogen-bond acceptors (Lipinski definition) is 2. The first-order valence-corrected chi connectivity index (χ1v) is 7.89. The summed E-state index contributed by atoms with van der Waals surface area (Å²) in [5.74, 6) is -0.601. The highest BCUT2D eigenvalue weighted by atomic mass is 16.2. The van der Waals surface area contributed by atoms with E-state index in [0.29, 0.717) is 11.3 Å². The topological polar surface area (TPSA) is 72.2 Å². The summed E-state index contributed by atoms with van der Waals surface area (Å²) in [7, 11) is 0. The van der Waals surface area contributed by atoms with Gasteiger partial charge in [0.2, 0.25) is 5.91 Å². The molecule has 2 aromatic rings. The highest BCUT2D eigenvalue weighted by Gasteiger charge is 2.42. The maximum Gasteiger partial charge on any atom is 0.250 e. The standard InChI is InChI=1S/C19H20N2O2/c20-17(22)15-10-4-5-11-16(15)21-18(23)19(12-6-7-13-19)14-8-2-1-3-9-14/h1-5,8-11H,6-7,12-13H2,(H2,20,22)(H,21,23). The Hall–Kier alpha value is -2.62. The van der Waals surface area contributed by atoms with Gasteiger partial charge in [0, 0.05) is 0 Å². The van der Waals surface area contributed by atoms with Crippen LogP contribution >= 0.6 is 0 Å². The Kier molecular flexibility index (Phi) is 4.15. The number of benzene rings is 2. The van der Waals surface area contributed by atoms with Crippen LogP contribution in [-0.2, 0) is 10.2 Å². The van der Waals surface area contributed by atoms with Gasteiger partial charge in [-0.05, 0) is 30.5 Å². The number of nitrogens with two attached hydrogens (primary N) is 1. The van der Waals surface area contributed by atoms with Crippen molar-refractivity contribution in [1.82, 2.24) is 0 Å². The van der Waals surface area contributed by atoms with E-state index in [1.165, 1.54) is 0 Å². The van der Waals surface area contributed by atoms with Gasteiger partial charge in [0.1, 0.15) is 0 Å². The third kappa shape index (κ3) is 2.84. The lowest BCUT2D eigenvalue weighted by Crippen LogP contribution is -2.38. The maximum atomic E-state index is 13.0. The molecule has 4 heteroatoms. The van der Waals surface area contributed by atoms with E-state index in [-0.39, 0.29) is 5.91 Å². The lowest BCUT2D eigenvalue weighted by Gasteiger charge is -2.28. The molecule has 2 aromatic carbocycles. The van der Waals surface area contributed by atoms with Crippen molar-refractivity contribution in [2.24, 2.45) is 5.73 Å². The lowest BCUT2D eigenvalue weighted by atomic mass is 9.78. The summed E-state index contributed by atoms with van der Waals surface area (Å²) in [6.07, 6.45) is 3.70. The van der Waals surface area contributed by atoms with Crippen LogP contribution in [0.1, 0.15) is 41.6 Å². The molecule has 0 unspecified atom stereocenters. The van der Waals surface area contributed by atoms with Crippen LogP contribution in [0.25, 0.3) is 0 Å². The van der Waals surface area contributed by atoms with E-state index in [2.05, 4.69) is 5.32 Å². The Bertz CT molecular complexity index is 719. The van der Waals surface area contributed by atoms with Gasteiger partial charge in [0.25, 0.3) is 5.91 Å². The molecular formula is C19H20N2O2. The number of nitrogens with one attached hydrogen (secondary N) is 1. The maximum absolute atomic E-state index is 13.0. The third-order valence-electron chi connectivity index (χ3n) is 4.66. The van der Waals surface area contributed by atoms with Crippen LogP contribution in [0.5, 0.6) is 0 Å². The van der Waals surface area contributed by atoms with Crippen LogP contribution in [0.15, 0.2) is 54.6 Å². The molecule has 3 N–H and O–H groups in total. The quantitative estimate of drug-likeness (QED) is 0.910. The first kappa shape index (κ1) is 15.3. The predicted molar refractivity (Wildman–Crippen MR) is 90.2 cm³/mol. The van der Waals surface area contributed by atoms with E-state index in [1.54, 1.807) is 24.3 Å². The van der Waals surface area contributed by atoms with Gasteiger partial charge < -0.3 is 11.1 Å². The number of carbonyl (C=O) groups excluding carboxylic acids is 2. The molecule has 0 heterocycles. The molecule has 3 rings (SSSR count). The molecule has 0 aliphatic heterocycles. The monoisotopic (exact) mass is 308 g/mol. The van der Waals surface area contributed by atoms with Gasteiger partial charge in [-0.15, -0.1) is 0 Å². The Morgan fingerprint density at radius 1 is 0.913 bits per heavy atom. The van der Waals surface area contributed by atoms with Crippen LogP contribution in [0.3, 0.4) is 0 Å². The number of carbonyl (C=O) groups is 2. The summed E-state index contributed by atoms with van der Waals surface area (Å²) in [5.41, 5.74) is 6.72. The fourth-order valence-corrected chi connectivity index (χ4v) is 3.43. The van der Waals surface area contributed by atoms with Gasteiger partial charge in [0.15, 0.2) is 0 Å². The van der Waals surface area contributed by atoms with E-state index in [4.69, 9.17) is 5.73 Å². The molecule has 0 bridgehead atoms. The van der Waals surface area contributed by atoms with E-state index in [1.807, 2.05) is 30.3 Å². The first-order valence-electron chi connectivity index (χ1n) is 7.89. The second-order valence-corrected chi connectivity index (χ2v) is 6.02. The summed E-state index contributed by atoms with van der Waals surface area (Å²) in [6, 6.07) is 16.7. The van der Waals surface area contributed by atoms with Crippen LogP contribution < -0.4 is 11.1 Å². The van der Waals surface area contributed by atoms with Crippen molar-refractivity contribution < 1.29 is 9.59 Å². The van der Waals surface area contributed by atoms with Crippen molar-refractivity contribution in [3.8, 4) is 0 Å². The van der Waals surface area contributed by atoms with Gasteiger partial charge >= 0.3 is 0 Å². The minimum absolute atomic E-state index is 0.0603. The first-order chi connectivity index (χ1) is 11.1. The smallest absolute Gasteiger partial charge is 0.250 e. The highest BCUT2D eigenvalue weighted by Crippen LogP contribution is 2.42. The second-order valence-electron chi connectivity index (χ2n) is 6.02. The number of para-hydroxylation sites is 1.